The van der Waals surface area contributed by atoms with Gasteiger partial charge in [-0.2, -0.15) is 0 Å². The standard InChI is InChI=1S/C9H20N2O/c1-4-6-9(12)11(3)8-5-7-10-2/h10H,4-8H2,1-3H3. The lowest BCUT2D eigenvalue weighted by molar-refractivity contribution is -0.129. The van der Waals surface area contributed by atoms with Gasteiger partial charge >= 0.3 is 0 Å². The number of amides is 1. The van der Waals surface area contributed by atoms with Crippen LogP contribution in [0.5, 0.6) is 0 Å². The fourth-order valence-corrected chi connectivity index (χ4v) is 1.02. The molecule has 0 aliphatic heterocycles. The van der Waals surface area contributed by atoms with E-state index in [-0.39, 0.29) is 5.91 Å². The molecule has 3 heteroatoms. The summed E-state index contributed by atoms with van der Waals surface area (Å²) < 4.78 is 0. The van der Waals surface area contributed by atoms with Gasteiger partial charge in [-0.3, -0.25) is 4.79 Å². The second kappa shape index (κ2) is 7.10. The van der Waals surface area contributed by atoms with E-state index in [1.807, 2.05) is 21.0 Å². The first-order chi connectivity index (χ1) is 5.72. The zero-order chi connectivity index (χ0) is 9.40. The number of nitrogens with zero attached hydrogens (tertiary/aromatic N) is 1. The van der Waals surface area contributed by atoms with Crippen LogP contribution in [0.1, 0.15) is 26.2 Å². The number of hydrogen-bond donors (Lipinski definition) is 1. The molecule has 0 rings (SSSR count). The van der Waals surface area contributed by atoms with Crippen LogP contribution in [0.2, 0.25) is 0 Å². The normalized spacial score (nSPS) is 9.92. The van der Waals surface area contributed by atoms with Gasteiger partial charge in [-0.1, -0.05) is 6.92 Å². The zero-order valence-corrected chi connectivity index (χ0v) is 8.39. The molecule has 0 spiro atoms. The lowest BCUT2D eigenvalue weighted by Gasteiger charge is -2.16. The molecule has 0 aliphatic rings. The van der Waals surface area contributed by atoms with Gasteiger partial charge in [-0.15, -0.1) is 0 Å². The maximum Gasteiger partial charge on any atom is 0.222 e. The van der Waals surface area contributed by atoms with E-state index < -0.39 is 0 Å². The summed E-state index contributed by atoms with van der Waals surface area (Å²) in [5.41, 5.74) is 0. The molecular formula is C9H20N2O. The van der Waals surface area contributed by atoms with E-state index in [1.165, 1.54) is 0 Å². The summed E-state index contributed by atoms with van der Waals surface area (Å²) >= 11 is 0. The molecule has 0 aromatic rings. The summed E-state index contributed by atoms with van der Waals surface area (Å²) in [6.45, 7) is 3.86. The van der Waals surface area contributed by atoms with E-state index in [9.17, 15) is 4.79 Å². The minimum absolute atomic E-state index is 0.258. The van der Waals surface area contributed by atoms with Gasteiger partial charge < -0.3 is 10.2 Å². The molecule has 72 valence electrons. The summed E-state index contributed by atoms with van der Waals surface area (Å²) in [4.78, 5) is 13.0. The van der Waals surface area contributed by atoms with E-state index in [0.717, 1.165) is 25.9 Å². The molecule has 0 aromatic heterocycles. The molecule has 0 atom stereocenters. The number of rotatable bonds is 6. The van der Waals surface area contributed by atoms with E-state index in [4.69, 9.17) is 0 Å². The highest BCUT2D eigenvalue weighted by molar-refractivity contribution is 5.75. The van der Waals surface area contributed by atoms with Crippen molar-refractivity contribution in [1.82, 2.24) is 10.2 Å². The average Bonchev–Trinajstić information content (AvgIpc) is 2.05. The smallest absolute Gasteiger partial charge is 0.222 e. The largest absolute Gasteiger partial charge is 0.346 e. The minimum atomic E-state index is 0.258. The Morgan fingerprint density at radius 2 is 2.17 bits per heavy atom. The number of nitrogens with one attached hydrogen (secondary N) is 1. The molecule has 0 fully saturated rings. The third-order valence-corrected chi connectivity index (χ3v) is 1.81. The maximum absolute atomic E-state index is 11.2. The van der Waals surface area contributed by atoms with Crippen molar-refractivity contribution in [3.8, 4) is 0 Å². The van der Waals surface area contributed by atoms with Crippen LogP contribution in [0.3, 0.4) is 0 Å². The van der Waals surface area contributed by atoms with Crippen LogP contribution in [-0.4, -0.2) is 38.0 Å². The Labute approximate surface area is 75.1 Å². The molecule has 0 saturated heterocycles. The molecule has 0 aromatic carbocycles. The molecule has 1 amide bonds. The van der Waals surface area contributed by atoms with Crippen molar-refractivity contribution in [3.05, 3.63) is 0 Å². The van der Waals surface area contributed by atoms with Gasteiger partial charge in [-0.25, -0.2) is 0 Å². The van der Waals surface area contributed by atoms with Crippen LogP contribution in [0.25, 0.3) is 0 Å². The van der Waals surface area contributed by atoms with Gasteiger partial charge in [0.25, 0.3) is 0 Å². The molecule has 1 N–H and O–H groups in total. The highest BCUT2D eigenvalue weighted by Crippen LogP contribution is 1.95. The zero-order valence-electron chi connectivity index (χ0n) is 8.39. The van der Waals surface area contributed by atoms with Gasteiger partial charge in [0.2, 0.25) is 5.91 Å². The molecule has 0 unspecified atom stereocenters. The van der Waals surface area contributed by atoms with Crippen molar-refractivity contribution in [2.45, 2.75) is 26.2 Å². The van der Waals surface area contributed by atoms with Crippen LogP contribution < -0.4 is 5.32 Å². The highest BCUT2D eigenvalue weighted by Gasteiger charge is 2.05. The Bertz CT molecular complexity index is 126. The minimum Gasteiger partial charge on any atom is -0.346 e. The van der Waals surface area contributed by atoms with E-state index >= 15 is 0 Å². The highest BCUT2D eigenvalue weighted by atomic mass is 16.2. The lowest BCUT2D eigenvalue weighted by atomic mass is 10.3. The van der Waals surface area contributed by atoms with Crippen molar-refractivity contribution >= 4 is 5.91 Å². The quantitative estimate of drug-likeness (QED) is 0.603. The van der Waals surface area contributed by atoms with Crippen molar-refractivity contribution in [2.75, 3.05) is 27.2 Å². The first kappa shape index (κ1) is 11.4. The number of carbonyl (C=O) groups excluding carboxylic acids is 1. The van der Waals surface area contributed by atoms with Crippen LogP contribution in [0.4, 0.5) is 0 Å². The lowest BCUT2D eigenvalue weighted by Crippen LogP contribution is -2.28. The van der Waals surface area contributed by atoms with Crippen molar-refractivity contribution in [2.24, 2.45) is 0 Å². The molecule has 12 heavy (non-hydrogen) atoms. The Balaban J connectivity index is 3.42. The summed E-state index contributed by atoms with van der Waals surface area (Å²) in [5.74, 6) is 0.258. The fourth-order valence-electron chi connectivity index (χ4n) is 1.02. The first-order valence-corrected chi connectivity index (χ1v) is 4.61. The Kier molecular flexibility index (Phi) is 6.76. The van der Waals surface area contributed by atoms with Crippen LogP contribution in [0.15, 0.2) is 0 Å². The molecule has 0 radical (unpaired) electrons. The third kappa shape index (κ3) is 5.13. The maximum atomic E-state index is 11.2. The third-order valence-electron chi connectivity index (χ3n) is 1.81. The second-order valence-corrected chi connectivity index (χ2v) is 3.02. The van der Waals surface area contributed by atoms with Gasteiger partial charge in [0.15, 0.2) is 0 Å². The van der Waals surface area contributed by atoms with Crippen LogP contribution in [0, 0.1) is 0 Å². The molecule has 0 saturated carbocycles. The predicted octanol–water partition coefficient (Wildman–Crippen LogP) is 0.854. The second-order valence-electron chi connectivity index (χ2n) is 3.02. The van der Waals surface area contributed by atoms with E-state index in [1.54, 1.807) is 4.90 Å². The number of hydrogen-bond acceptors (Lipinski definition) is 2. The van der Waals surface area contributed by atoms with Gasteiger partial charge in [0, 0.05) is 20.0 Å². The first-order valence-electron chi connectivity index (χ1n) is 4.61. The van der Waals surface area contributed by atoms with Gasteiger partial charge in [0.05, 0.1) is 0 Å². The Morgan fingerprint density at radius 1 is 1.50 bits per heavy atom. The number of carbonyl (C=O) groups is 1. The Morgan fingerprint density at radius 3 is 2.67 bits per heavy atom. The molecular weight excluding hydrogens is 152 g/mol. The molecule has 0 aliphatic carbocycles. The molecule has 0 bridgehead atoms. The van der Waals surface area contributed by atoms with Crippen molar-refractivity contribution in [3.63, 3.8) is 0 Å². The Hall–Kier alpha value is -0.570. The summed E-state index contributed by atoms with van der Waals surface area (Å²) in [7, 11) is 3.79. The van der Waals surface area contributed by atoms with Gasteiger partial charge in [0.1, 0.15) is 0 Å². The summed E-state index contributed by atoms with van der Waals surface area (Å²) in [5, 5.41) is 3.06. The summed E-state index contributed by atoms with van der Waals surface area (Å²) in [6, 6.07) is 0. The van der Waals surface area contributed by atoms with Crippen molar-refractivity contribution < 1.29 is 4.79 Å². The van der Waals surface area contributed by atoms with Gasteiger partial charge in [-0.05, 0) is 26.4 Å². The predicted molar refractivity (Wildman–Crippen MR) is 51.1 cm³/mol. The van der Waals surface area contributed by atoms with Crippen LogP contribution in [-0.2, 0) is 4.79 Å². The topological polar surface area (TPSA) is 32.3 Å². The van der Waals surface area contributed by atoms with Crippen LogP contribution >= 0.6 is 0 Å². The average molecular weight is 172 g/mol. The van der Waals surface area contributed by atoms with E-state index in [0.29, 0.717) is 6.42 Å². The SMILES string of the molecule is CCCC(=O)N(C)CCCNC. The van der Waals surface area contributed by atoms with Crippen molar-refractivity contribution in [1.29, 1.82) is 0 Å². The molecule has 0 heterocycles. The molecule has 3 nitrogen and oxygen atoms in total. The monoisotopic (exact) mass is 172 g/mol. The summed E-state index contributed by atoms with van der Waals surface area (Å²) in [6.07, 6.45) is 2.65. The fraction of sp³-hybridized carbons (Fsp3) is 0.889. The van der Waals surface area contributed by atoms with E-state index in [2.05, 4.69) is 5.32 Å².